The minimum atomic E-state index is -0.835. The maximum Gasteiger partial charge on any atom is 0.240 e. The Morgan fingerprint density at radius 3 is 2.31 bits per heavy atom. The average molecular weight is 481 g/mol. The molecule has 2 saturated heterocycles. The lowest BCUT2D eigenvalue weighted by molar-refractivity contribution is -0.123. The molecule has 0 aromatic heterocycles. The molecule has 36 heavy (non-hydrogen) atoms. The highest BCUT2D eigenvalue weighted by Crippen LogP contribution is 2.54. The molecule has 3 aliphatic heterocycles. The van der Waals surface area contributed by atoms with E-state index in [1.165, 1.54) is 19.1 Å². The fraction of sp³-hybridized carbons (Fsp3) is 0.207. The molecule has 3 aromatic rings. The maximum atomic E-state index is 14.0. The Morgan fingerprint density at radius 2 is 1.56 bits per heavy atom. The van der Waals surface area contributed by atoms with Gasteiger partial charge in [-0.15, -0.1) is 0 Å². The SMILES string of the molecule is COc1ccc(N2C(=O)[C@@H]3[C@H](C2=O)[C@@H]2c4ccccc4C=CN2[C@@H]3C(=O)c2ccccc2)c(OC)c1. The van der Waals surface area contributed by atoms with Crippen molar-refractivity contribution < 1.29 is 23.9 Å². The fourth-order valence-corrected chi connectivity index (χ4v) is 5.84. The third-order valence-corrected chi connectivity index (χ3v) is 7.42. The molecule has 0 N–H and O–H groups in total. The van der Waals surface area contributed by atoms with Crippen molar-refractivity contribution in [1.29, 1.82) is 0 Å². The summed E-state index contributed by atoms with van der Waals surface area (Å²) in [5.74, 6) is -1.57. The van der Waals surface area contributed by atoms with Crippen LogP contribution in [0.15, 0.2) is 79.0 Å². The molecular weight excluding hydrogens is 456 g/mol. The zero-order valence-electron chi connectivity index (χ0n) is 19.8. The van der Waals surface area contributed by atoms with Crippen LogP contribution in [0.3, 0.4) is 0 Å². The number of hydrogen-bond donors (Lipinski definition) is 0. The van der Waals surface area contributed by atoms with E-state index in [-0.39, 0.29) is 11.7 Å². The van der Waals surface area contributed by atoms with E-state index in [9.17, 15) is 14.4 Å². The molecule has 2 fully saturated rings. The Labute approximate surface area is 208 Å². The second kappa shape index (κ2) is 8.37. The van der Waals surface area contributed by atoms with E-state index in [1.54, 1.807) is 42.5 Å². The van der Waals surface area contributed by atoms with Gasteiger partial charge in [-0.3, -0.25) is 14.4 Å². The lowest BCUT2D eigenvalue weighted by Crippen LogP contribution is -2.44. The van der Waals surface area contributed by atoms with Crippen LogP contribution >= 0.6 is 0 Å². The van der Waals surface area contributed by atoms with Gasteiger partial charge in [-0.05, 0) is 29.3 Å². The number of benzene rings is 3. The van der Waals surface area contributed by atoms with Crippen molar-refractivity contribution in [3.8, 4) is 11.5 Å². The summed E-state index contributed by atoms with van der Waals surface area (Å²) in [6.07, 6.45) is 3.80. The number of hydrogen-bond acceptors (Lipinski definition) is 6. The van der Waals surface area contributed by atoms with Gasteiger partial charge < -0.3 is 14.4 Å². The summed E-state index contributed by atoms with van der Waals surface area (Å²) in [4.78, 5) is 45.0. The van der Waals surface area contributed by atoms with Gasteiger partial charge in [-0.1, -0.05) is 54.6 Å². The molecule has 7 heteroatoms. The number of carbonyl (C=O) groups excluding carboxylic acids is 3. The first-order valence-corrected chi connectivity index (χ1v) is 11.8. The highest BCUT2D eigenvalue weighted by Gasteiger charge is 2.64. The van der Waals surface area contributed by atoms with E-state index < -0.39 is 29.8 Å². The molecule has 0 bridgehead atoms. The summed E-state index contributed by atoms with van der Waals surface area (Å²) in [5, 5.41) is 0. The standard InChI is InChI=1S/C29H24N2O5/c1-35-19-12-13-21(22(16-19)36-2)31-28(33)23-24(29(31)34)26(27(32)18-9-4-3-5-10-18)30-15-14-17-8-6-7-11-20(17)25(23)30/h3-16,23-26H,1-2H3/t23-,24+,25-,26-/m0/s1. The Bertz CT molecular complexity index is 1420. The van der Waals surface area contributed by atoms with E-state index in [2.05, 4.69) is 0 Å². The van der Waals surface area contributed by atoms with E-state index in [1.807, 2.05) is 47.5 Å². The van der Waals surface area contributed by atoms with E-state index >= 15 is 0 Å². The molecular formula is C29H24N2O5. The van der Waals surface area contributed by atoms with Crippen LogP contribution in [0, 0.1) is 11.8 Å². The molecule has 4 atom stereocenters. The minimum absolute atomic E-state index is 0.179. The molecule has 2 amide bonds. The van der Waals surface area contributed by atoms with Crippen molar-refractivity contribution in [2.75, 3.05) is 19.1 Å². The number of methoxy groups -OCH3 is 2. The molecule has 3 aromatic carbocycles. The zero-order chi connectivity index (χ0) is 25.0. The van der Waals surface area contributed by atoms with E-state index in [0.717, 1.165) is 11.1 Å². The summed E-state index contributed by atoms with van der Waals surface area (Å²) in [6, 6.07) is 20.5. The van der Waals surface area contributed by atoms with Crippen LogP contribution in [0.5, 0.6) is 11.5 Å². The quantitative estimate of drug-likeness (QED) is 0.404. The van der Waals surface area contributed by atoms with E-state index in [0.29, 0.717) is 22.7 Å². The molecule has 0 spiro atoms. The minimum Gasteiger partial charge on any atom is -0.497 e. The van der Waals surface area contributed by atoms with Crippen molar-refractivity contribution in [3.05, 3.63) is 95.7 Å². The molecule has 180 valence electrons. The first kappa shape index (κ1) is 22.1. The third-order valence-electron chi connectivity index (χ3n) is 7.42. The summed E-state index contributed by atoms with van der Waals surface area (Å²) in [7, 11) is 3.02. The predicted molar refractivity (Wildman–Crippen MR) is 134 cm³/mol. The van der Waals surface area contributed by atoms with Gasteiger partial charge in [0.1, 0.15) is 17.5 Å². The Balaban J connectivity index is 1.50. The van der Waals surface area contributed by atoms with Gasteiger partial charge in [0.25, 0.3) is 0 Å². The van der Waals surface area contributed by atoms with Crippen LogP contribution in [-0.2, 0) is 9.59 Å². The highest BCUT2D eigenvalue weighted by molar-refractivity contribution is 6.25. The van der Waals surface area contributed by atoms with Crippen LogP contribution in [0.4, 0.5) is 5.69 Å². The topological polar surface area (TPSA) is 76.2 Å². The first-order valence-electron chi connectivity index (χ1n) is 11.8. The number of nitrogens with zero attached hydrogens (tertiary/aromatic N) is 2. The van der Waals surface area contributed by atoms with Gasteiger partial charge >= 0.3 is 0 Å². The van der Waals surface area contributed by atoms with Crippen LogP contribution < -0.4 is 14.4 Å². The molecule has 7 nitrogen and oxygen atoms in total. The van der Waals surface area contributed by atoms with Crippen LogP contribution in [-0.4, -0.2) is 42.8 Å². The monoisotopic (exact) mass is 480 g/mol. The predicted octanol–water partition coefficient (Wildman–Crippen LogP) is 4.10. The number of amides is 2. The van der Waals surface area contributed by atoms with Crippen molar-refractivity contribution >= 4 is 29.4 Å². The molecule has 3 aliphatic rings. The smallest absolute Gasteiger partial charge is 0.240 e. The summed E-state index contributed by atoms with van der Waals surface area (Å²) in [6.45, 7) is 0. The molecule has 0 saturated carbocycles. The number of ketones is 1. The number of rotatable bonds is 5. The lowest BCUT2D eigenvalue weighted by Gasteiger charge is -2.35. The van der Waals surface area contributed by atoms with Gasteiger partial charge in [0, 0.05) is 17.8 Å². The largest absolute Gasteiger partial charge is 0.497 e. The first-order chi connectivity index (χ1) is 17.5. The average Bonchev–Trinajstić information content (AvgIpc) is 3.40. The third kappa shape index (κ3) is 3.09. The maximum absolute atomic E-state index is 14.0. The zero-order valence-corrected chi connectivity index (χ0v) is 19.8. The lowest BCUT2D eigenvalue weighted by atomic mass is 9.83. The van der Waals surface area contributed by atoms with Crippen LogP contribution in [0.25, 0.3) is 6.08 Å². The van der Waals surface area contributed by atoms with Gasteiger partial charge in [-0.25, -0.2) is 4.90 Å². The Kier molecular flexibility index (Phi) is 5.14. The molecule has 0 aliphatic carbocycles. The summed E-state index contributed by atoms with van der Waals surface area (Å²) >= 11 is 0. The fourth-order valence-electron chi connectivity index (χ4n) is 5.84. The van der Waals surface area contributed by atoms with Crippen molar-refractivity contribution in [2.45, 2.75) is 12.1 Å². The molecule has 0 unspecified atom stereocenters. The summed E-state index contributed by atoms with van der Waals surface area (Å²) < 4.78 is 10.8. The van der Waals surface area contributed by atoms with Gasteiger partial charge in [0.2, 0.25) is 11.8 Å². The number of imide groups is 1. The number of Topliss-reactive ketones (excluding diaryl/α,β-unsaturated/α-hetero) is 1. The number of anilines is 1. The van der Waals surface area contributed by atoms with Gasteiger partial charge in [-0.2, -0.15) is 0 Å². The van der Waals surface area contributed by atoms with Crippen molar-refractivity contribution in [3.63, 3.8) is 0 Å². The highest BCUT2D eigenvalue weighted by atomic mass is 16.5. The Morgan fingerprint density at radius 1 is 0.833 bits per heavy atom. The van der Waals surface area contributed by atoms with Crippen LogP contribution in [0.2, 0.25) is 0 Å². The van der Waals surface area contributed by atoms with Crippen molar-refractivity contribution in [1.82, 2.24) is 4.90 Å². The van der Waals surface area contributed by atoms with Crippen LogP contribution in [0.1, 0.15) is 27.5 Å². The molecule has 3 heterocycles. The van der Waals surface area contributed by atoms with E-state index in [4.69, 9.17) is 9.47 Å². The number of fused-ring (bicyclic) bond motifs is 5. The van der Waals surface area contributed by atoms with Gasteiger partial charge in [0.15, 0.2) is 5.78 Å². The normalized spacial score (nSPS) is 23.8. The van der Waals surface area contributed by atoms with Gasteiger partial charge in [0.05, 0.1) is 37.8 Å². The second-order valence-electron chi connectivity index (χ2n) is 9.11. The number of carbonyl (C=O) groups is 3. The molecule has 6 rings (SSSR count). The van der Waals surface area contributed by atoms with Crippen molar-refractivity contribution in [2.24, 2.45) is 11.8 Å². The number of ether oxygens (including phenoxy) is 2. The summed E-state index contributed by atoms with van der Waals surface area (Å²) in [5.41, 5.74) is 2.77. The molecule has 0 radical (unpaired) electrons. The second-order valence-corrected chi connectivity index (χ2v) is 9.11. The Hall–Kier alpha value is -4.39.